The van der Waals surface area contributed by atoms with E-state index in [9.17, 15) is 23.2 Å². The summed E-state index contributed by atoms with van der Waals surface area (Å²) >= 11 is 0. The number of urea groups is 1. The number of hydrogen-bond acceptors (Lipinski definition) is 3. The quantitative estimate of drug-likeness (QED) is 0.629. The number of amides is 3. The summed E-state index contributed by atoms with van der Waals surface area (Å²) in [5.74, 6) is -3.17. The molecule has 2 aromatic carbocycles. The molecule has 0 radical (unpaired) electrons. The van der Waals surface area contributed by atoms with E-state index in [1.54, 1.807) is 19.1 Å². The van der Waals surface area contributed by atoms with Gasteiger partial charge in [0, 0.05) is 5.56 Å². The van der Waals surface area contributed by atoms with Crippen LogP contribution in [0.3, 0.4) is 0 Å². The van der Waals surface area contributed by atoms with Crippen LogP contribution in [0.4, 0.5) is 13.6 Å². The first-order chi connectivity index (χ1) is 13.1. The number of carbonyl (C=O) groups excluding carboxylic acids is 3. The van der Waals surface area contributed by atoms with Gasteiger partial charge in [-0.3, -0.25) is 14.5 Å². The SMILES string of the molecule is CC(C)c1ccc([C@]2(C)NC(=O)N(CC(=O)c3ccc(F)c(F)c3)C2=O)cc1. The number of halogens is 2. The maximum absolute atomic E-state index is 13.4. The molecule has 5 nitrogen and oxygen atoms in total. The number of rotatable bonds is 5. The molecule has 28 heavy (non-hydrogen) atoms. The van der Waals surface area contributed by atoms with Crippen LogP contribution < -0.4 is 5.32 Å². The van der Waals surface area contributed by atoms with E-state index in [4.69, 9.17) is 0 Å². The molecule has 1 aliphatic rings. The van der Waals surface area contributed by atoms with Gasteiger partial charge in [0.05, 0.1) is 6.54 Å². The Morgan fingerprint density at radius 3 is 2.29 bits per heavy atom. The summed E-state index contributed by atoms with van der Waals surface area (Å²) in [4.78, 5) is 38.4. The van der Waals surface area contributed by atoms with Crippen LogP contribution in [0.1, 0.15) is 48.2 Å². The first-order valence-corrected chi connectivity index (χ1v) is 8.86. The standard InChI is InChI=1S/C21H20F2N2O3/c1-12(2)13-4-7-15(8-5-13)21(3)19(27)25(20(28)24-21)11-18(26)14-6-9-16(22)17(23)10-14/h4-10,12H,11H2,1-3H3,(H,24,28)/t21-/m0/s1. The highest BCUT2D eigenvalue weighted by atomic mass is 19.2. The minimum Gasteiger partial charge on any atom is -0.319 e. The highest BCUT2D eigenvalue weighted by Crippen LogP contribution is 2.30. The molecule has 0 spiro atoms. The summed E-state index contributed by atoms with van der Waals surface area (Å²) in [5.41, 5.74) is 0.267. The lowest BCUT2D eigenvalue weighted by molar-refractivity contribution is -0.130. The summed E-state index contributed by atoms with van der Waals surface area (Å²) < 4.78 is 26.4. The molecule has 1 heterocycles. The highest BCUT2D eigenvalue weighted by Gasteiger charge is 2.49. The van der Waals surface area contributed by atoms with Gasteiger partial charge in [-0.1, -0.05) is 38.1 Å². The molecule has 3 rings (SSSR count). The third kappa shape index (κ3) is 3.40. The number of Topliss-reactive ketones (excluding diaryl/α,β-unsaturated/α-hetero) is 1. The van der Waals surface area contributed by atoms with Crippen LogP contribution in [0.2, 0.25) is 0 Å². The normalized spacial score (nSPS) is 19.3. The van der Waals surface area contributed by atoms with Crippen molar-refractivity contribution in [2.75, 3.05) is 6.54 Å². The van der Waals surface area contributed by atoms with Gasteiger partial charge in [-0.25, -0.2) is 13.6 Å². The Balaban J connectivity index is 1.82. The predicted molar refractivity (Wildman–Crippen MR) is 98.8 cm³/mol. The van der Waals surface area contributed by atoms with Gasteiger partial charge in [-0.05, 0) is 42.2 Å². The van der Waals surface area contributed by atoms with E-state index < -0.39 is 41.4 Å². The van der Waals surface area contributed by atoms with Crippen molar-refractivity contribution in [2.24, 2.45) is 0 Å². The Kier molecular flexibility index (Phi) is 5.02. The lowest BCUT2D eigenvalue weighted by atomic mass is 9.90. The molecule has 146 valence electrons. The maximum Gasteiger partial charge on any atom is 0.325 e. The number of carbonyl (C=O) groups is 3. The Bertz CT molecular complexity index is 957. The monoisotopic (exact) mass is 386 g/mol. The lowest BCUT2D eigenvalue weighted by Crippen LogP contribution is -2.41. The fraction of sp³-hybridized carbons (Fsp3) is 0.286. The predicted octanol–water partition coefficient (Wildman–Crippen LogP) is 3.74. The van der Waals surface area contributed by atoms with Crippen molar-refractivity contribution in [3.63, 3.8) is 0 Å². The second-order valence-electron chi connectivity index (χ2n) is 7.28. The van der Waals surface area contributed by atoms with Crippen molar-refractivity contribution >= 4 is 17.7 Å². The van der Waals surface area contributed by atoms with Crippen LogP contribution in [-0.2, 0) is 10.3 Å². The fourth-order valence-corrected chi connectivity index (χ4v) is 3.14. The van der Waals surface area contributed by atoms with E-state index in [1.807, 2.05) is 26.0 Å². The maximum atomic E-state index is 13.4. The molecule has 0 unspecified atom stereocenters. The minimum absolute atomic E-state index is 0.116. The average Bonchev–Trinajstić information content (AvgIpc) is 2.88. The zero-order valence-corrected chi connectivity index (χ0v) is 15.8. The minimum atomic E-state index is -1.30. The summed E-state index contributed by atoms with van der Waals surface area (Å²) in [5, 5.41) is 2.62. The first-order valence-electron chi connectivity index (χ1n) is 8.86. The molecule has 0 bridgehead atoms. The summed E-state index contributed by atoms with van der Waals surface area (Å²) in [6.45, 7) is 5.10. The third-order valence-electron chi connectivity index (χ3n) is 4.97. The van der Waals surface area contributed by atoms with Crippen LogP contribution in [0, 0.1) is 11.6 Å². The van der Waals surface area contributed by atoms with Gasteiger partial charge < -0.3 is 5.32 Å². The molecule has 0 saturated carbocycles. The zero-order valence-electron chi connectivity index (χ0n) is 15.8. The van der Waals surface area contributed by atoms with Crippen molar-refractivity contribution in [3.05, 3.63) is 70.8 Å². The van der Waals surface area contributed by atoms with E-state index in [0.717, 1.165) is 28.7 Å². The Hall–Kier alpha value is -3.09. The molecular weight excluding hydrogens is 366 g/mol. The summed E-state index contributed by atoms with van der Waals surface area (Å²) in [6.07, 6.45) is 0. The molecule has 1 N–H and O–H groups in total. The Morgan fingerprint density at radius 1 is 1.07 bits per heavy atom. The Labute approximate surface area is 161 Å². The van der Waals surface area contributed by atoms with Crippen LogP contribution in [0.15, 0.2) is 42.5 Å². The van der Waals surface area contributed by atoms with Gasteiger partial charge in [0.2, 0.25) is 0 Å². The molecule has 1 fully saturated rings. The largest absolute Gasteiger partial charge is 0.325 e. The van der Waals surface area contributed by atoms with Gasteiger partial charge in [0.25, 0.3) is 5.91 Å². The van der Waals surface area contributed by atoms with Gasteiger partial charge in [0.15, 0.2) is 17.4 Å². The summed E-state index contributed by atoms with van der Waals surface area (Å²) in [6, 6.07) is 9.30. The molecule has 7 heteroatoms. The van der Waals surface area contributed by atoms with Crippen molar-refractivity contribution in [1.29, 1.82) is 0 Å². The van der Waals surface area contributed by atoms with Crippen LogP contribution >= 0.6 is 0 Å². The van der Waals surface area contributed by atoms with E-state index in [0.29, 0.717) is 11.5 Å². The lowest BCUT2D eigenvalue weighted by Gasteiger charge is -2.22. The molecule has 0 aromatic heterocycles. The van der Waals surface area contributed by atoms with Crippen molar-refractivity contribution in [2.45, 2.75) is 32.2 Å². The number of nitrogens with zero attached hydrogens (tertiary/aromatic N) is 1. The Morgan fingerprint density at radius 2 is 1.71 bits per heavy atom. The number of imide groups is 1. The van der Waals surface area contributed by atoms with Gasteiger partial charge in [0.1, 0.15) is 5.54 Å². The molecule has 1 aliphatic heterocycles. The van der Waals surface area contributed by atoms with Gasteiger partial charge in [-0.2, -0.15) is 0 Å². The van der Waals surface area contributed by atoms with Crippen LogP contribution in [0.25, 0.3) is 0 Å². The molecule has 0 aliphatic carbocycles. The fourth-order valence-electron chi connectivity index (χ4n) is 3.14. The van der Waals surface area contributed by atoms with Gasteiger partial charge in [-0.15, -0.1) is 0 Å². The zero-order chi connectivity index (χ0) is 20.6. The molecule has 3 amide bonds. The molecule has 1 atom stereocenters. The van der Waals surface area contributed by atoms with Crippen molar-refractivity contribution in [1.82, 2.24) is 10.2 Å². The second kappa shape index (κ2) is 7.14. The van der Waals surface area contributed by atoms with E-state index in [1.165, 1.54) is 0 Å². The number of nitrogens with one attached hydrogen (secondary N) is 1. The third-order valence-corrected chi connectivity index (χ3v) is 4.97. The van der Waals surface area contributed by atoms with Gasteiger partial charge >= 0.3 is 6.03 Å². The average molecular weight is 386 g/mol. The number of benzene rings is 2. The second-order valence-corrected chi connectivity index (χ2v) is 7.28. The van der Waals surface area contributed by atoms with Crippen LogP contribution in [0.5, 0.6) is 0 Å². The van der Waals surface area contributed by atoms with Crippen molar-refractivity contribution < 1.29 is 23.2 Å². The molecule has 2 aromatic rings. The first kappa shape index (κ1) is 19.7. The number of ketones is 1. The van der Waals surface area contributed by atoms with Crippen molar-refractivity contribution in [3.8, 4) is 0 Å². The smallest absolute Gasteiger partial charge is 0.319 e. The number of hydrogen-bond donors (Lipinski definition) is 1. The van der Waals surface area contributed by atoms with E-state index in [2.05, 4.69) is 5.32 Å². The highest BCUT2D eigenvalue weighted by molar-refractivity contribution is 6.11. The summed E-state index contributed by atoms with van der Waals surface area (Å²) in [7, 11) is 0. The molecule has 1 saturated heterocycles. The van der Waals surface area contributed by atoms with E-state index in [-0.39, 0.29) is 5.56 Å². The molecular formula is C21H20F2N2O3. The van der Waals surface area contributed by atoms with E-state index >= 15 is 0 Å². The van der Waals surface area contributed by atoms with Crippen LogP contribution in [-0.4, -0.2) is 29.2 Å². The topological polar surface area (TPSA) is 66.5 Å².